The zero-order valence-electron chi connectivity index (χ0n) is 22.3. The molecule has 3 N–H and O–H groups in total. The van der Waals surface area contributed by atoms with Crippen molar-refractivity contribution in [2.45, 2.75) is 45.6 Å². The largest absolute Gasteiger partial charge is 0.495 e. The number of aromatic amines is 1. The first-order valence-corrected chi connectivity index (χ1v) is 13.0. The summed E-state index contributed by atoms with van der Waals surface area (Å²) in [5, 5.41) is 6.68. The number of hydrogen-bond acceptors (Lipinski definition) is 8. The SMILES string of the molecule is CNC(=O)c1ccc(Nc2nc(OC3CCCC3)c3c(-c4cc(C)c5nc(C)oc5c4)c[nH]c3n2)c(OC)c1. The molecule has 1 aliphatic carbocycles. The summed E-state index contributed by atoms with van der Waals surface area (Å²) < 4.78 is 17.9. The second-order valence-electron chi connectivity index (χ2n) is 9.79. The quantitative estimate of drug-likeness (QED) is 0.242. The average Bonchev–Trinajstić information content (AvgIpc) is 3.68. The van der Waals surface area contributed by atoms with Gasteiger partial charge in [0.15, 0.2) is 11.5 Å². The van der Waals surface area contributed by atoms with E-state index in [0.717, 1.165) is 58.9 Å². The second kappa shape index (κ2) is 9.94. The van der Waals surface area contributed by atoms with Gasteiger partial charge in [-0.1, -0.05) is 0 Å². The van der Waals surface area contributed by atoms with Crippen molar-refractivity contribution < 1.29 is 18.7 Å². The maximum absolute atomic E-state index is 12.1. The first-order chi connectivity index (χ1) is 18.9. The van der Waals surface area contributed by atoms with Crippen LogP contribution < -0.4 is 20.1 Å². The number of amides is 1. The molecule has 2 aromatic carbocycles. The molecule has 1 aliphatic rings. The highest BCUT2D eigenvalue weighted by Crippen LogP contribution is 2.39. The minimum absolute atomic E-state index is 0.0983. The molecular weight excluding hydrogens is 496 g/mol. The van der Waals surface area contributed by atoms with Crippen molar-refractivity contribution in [1.82, 2.24) is 25.3 Å². The Morgan fingerprint density at radius 2 is 1.92 bits per heavy atom. The number of rotatable bonds is 7. The molecule has 6 rings (SSSR count). The molecule has 0 bridgehead atoms. The Bertz CT molecular complexity index is 1700. The number of methoxy groups -OCH3 is 1. The van der Waals surface area contributed by atoms with Crippen LogP contribution in [0.4, 0.5) is 11.6 Å². The number of nitrogens with one attached hydrogen (secondary N) is 3. The Labute approximate surface area is 225 Å². The Morgan fingerprint density at radius 3 is 2.69 bits per heavy atom. The van der Waals surface area contributed by atoms with Gasteiger partial charge < -0.3 is 29.5 Å². The van der Waals surface area contributed by atoms with E-state index in [4.69, 9.17) is 23.9 Å². The maximum Gasteiger partial charge on any atom is 0.251 e. The van der Waals surface area contributed by atoms with Crippen LogP contribution >= 0.6 is 0 Å². The van der Waals surface area contributed by atoms with Crippen LogP contribution in [0.1, 0.15) is 47.5 Å². The lowest BCUT2D eigenvalue weighted by atomic mass is 10.0. The monoisotopic (exact) mass is 526 g/mol. The molecule has 0 aliphatic heterocycles. The third kappa shape index (κ3) is 4.62. The van der Waals surface area contributed by atoms with E-state index in [1.165, 1.54) is 0 Å². The number of benzene rings is 2. The molecule has 0 radical (unpaired) electrons. The van der Waals surface area contributed by atoms with Gasteiger partial charge in [0, 0.05) is 31.3 Å². The van der Waals surface area contributed by atoms with Crippen LogP contribution in [0.15, 0.2) is 40.9 Å². The number of aryl methyl sites for hydroxylation is 2. The highest BCUT2D eigenvalue weighted by Gasteiger charge is 2.23. The molecular formula is C29H30N6O4. The smallest absolute Gasteiger partial charge is 0.251 e. The highest BCUT2D eigenvalue weighted by molar-refractivity contribution is 6.00. The average molecular weight is 527 g/mol. The van der Waals surface area contributed by atoms with Crippen LogP contribution in [-0.4, -0.2) is 46.1 Å². The minimum Gasteiger partial charge on any atom is -0.495 e. The fourth-order valence-electron chi connectivity index (χ4n) is 5.20. The topological polar surface area (TPSA) is 127 Å². The van der Waals surface area contributed by atoms with Gasteiger partial charge in [-0.3, -0.25) is 4.79 Å². The van der Waals surface area contributed by atoms with Gasteiger partial charge >= 0.3 is 0 Å². The Balaban J connectivity index is 1.44. The van der Waals surface area contributed by atoms with Crippen molar-refractivity contribution >= 4 is 39.7 Å². The van der Waals surface area contributed by atoms with Crippen molar-refractivity contribution in [2.24, 2.45) is 0 Å². The number of anilines is 2. The number of nitrogens with zero attached hydrogens (tertiary/aromatic N) is 3. The van der Waals surface area contributed by atoms with Crippen LogP contribution in [0.2, 0.25) is 0 Å². The molecule has 0 spiro atoms. The van der Waals surface area contributed by atoms with Crippen molar-refractivity contribution in [3.8, 4) is 22.8 Å². The molecule has 0 unspecified atom stereocenters. The summed E-state index contributed by atoms with van der Waals surface area (Å²) in [7, 11) is 3.14. The zero-order chi connectivity index (χ0) is 27.1. The first-order valence-electron chi connectivity index (χ1n) is 13.0. The van der Waals surface area contributed by atoms with Gasteiger partial charge in [-0.2, -0.15) is 9.97 Å². The molecule has 200 valence electrons. The molecule has 0 saturated heterocycles. The van der Waals surface area contributed by atoms with Crippen LogP contribution in [-0.2, 0) is 0 Å². The minimum atomic E-state index is -0.197. The number of ether oxygens (including phenoxy) is 2. The van der Waals surface area contributed by atoms with E-state index in [9.17, 15) is 4.79 Å². The number of hydrogen-bond donors (Lipinski definition) is 3. The fourth-order valence-corrected chi connectivity index (χ4v) is 5.20. The third-order valence-electron chi connectivity index (χ3n) is 7.12. The lowest BCUT2D eigenvalue weighted by Crippen LogP contribution is -2.17. The molecule has 3 aromatic heterocycles. The van der Waals surface area contributed by atoms with Crippen LogP contribution in [0.3, 0.4) is 0 Å². The molecule has 1 amide bonds. The van der Waals surface area contributed by atoms with E-state index >= 15 is 0 Å². The van der Waals surface area contributed by atoms with E-state index in [0.29, 0.717) is 40.4 Å². The number of aromatic nitrogens is 4. The van der Waals surface area contributed by atoms with E-state index in [1.807, 2.05) is 26.1 Å². The van der Waals surface area contributed by atoms with Crippen molar-refractivity contribution in [3.63, 3.8) is 0 Å². The van der Waals surface area contributed by atoms with Gasteiger partial charge in [0.25, 0.3) is 5.91 Å². The van der Waals surface area contributed by atoms with Gasteiger partial charge in [0.1, 0.15) is 23.0 Å². The zero-order valence-corrected chi connectivity index (χ0v) is 22.3. The van der Waals surface area contributed by atoms with Gasteiger partial charge in [0.05, 0.1) is 18.2 Å². The normalized spacial score (nSPS) is 13.7. The molecule has 3 heterocycles. The first kappa shape index (κ1) is 24.7. The summed E-state index contributed by atoms with van der Waals surface area (Å²) in [5.74, 6) is 1.80. The molecule has 1 saturated carbocycles. The fraction of sp³-hybridized carbons (Fsp3) is 0.310. The molecule has 5 aromatic rings. The Kier molecular flexibility index (Phi) is 6.30. The summed E-state index contributed by atoms with van der Waals surface area (Å²) in [6, 6.07) is 9.25. The summed E-state index contributed by atoms with van der Waals surface area (Å²) in [6.45, 7) is 3.88. The summed E-state index contributed by atoms with van der Waals surface area (Å²) >= 11 is 0. The van der Waals surface area contributed by atoms with E-state index in [2.05, 4.69) is 26.7 Å². The summed E-state index contributed by atoms with van der Waals surface area (Å²) in [6.07, 6.45) is 6.28. The van der Waals surface area contributed by atoms with Crippen LogP contribution in [0, 0.1) is 13.8 Å². The summed E-state index contributed by atoms with van der Waals surface area (Å²) in [5.41, 5.74) is 6.28. The van der Waals surface area contributed by atoms with Crippen LogP contribution in [0.25, 0.3) is 33.3 Å². The lowest BCUT2D eigenvalue weighted by molar-refractivity contribution is 0.0962. The van der Waals surface area contributed by atoms with E-state index in [1.54, 1.807) is 32.4 Å². The lowest BCUT2D eigenvalue weighted by Gasteiger charge is -2.16. The predicted octanol–water partition coefficient (Wildman–Crippen LogP) is 5.82. The van der Waals surface area contributed by atoms with E-state index < -0.39 is 0 Å². The van der Waals surface area contributed by atoms with Crippen molar-refractivity contribution in [2.75, 3.05) is 19.5 Å². The number of carbonyl (C=O) groups is 1. The Morgan fingerprint density at radius 1 is 1.10 bits per heavy atom. The molecule has 10 nitrogen and oxygen atoms in total. The van der Waals surface area contributed by atoms with Gasteiger partial charge in [0.2, 0.25) is 11.8 Å². The second-order valence-corrected chi connectivity index (χ2v) is 9.79. The molecule has 0 atom stereocenters. The standard InChI is InChI=1S/C29H30N6O4/c1-15-11-18(13-23-25(15)32-16(2)38-23)20-14-31-26-24(20)28(39-19-7-5-6-8-19)35-29(34-26)33-21-10-9-17(27(36)30-3)12-22(21)37-4/h9-14,19H,5-8H2,1-4H3,(H,30,36)(H2,31,33,34,35). The highest BCUT2D eigenvalue weighted by atomic mass is 16.5. The Hall–Kier alpha value is -4.60. The predicted molar refractivity (Wildman–Crippen MR) is 149 cm³/mol. The molecule has 39 heavy (non-hydrogen) atoms. The molecule has 1 fully saturated rings. The third-order valence-corrected chi connectivity index (χ3v) is 7.12. The van der Waals surface area contributed by atoms with E-state index in [-0.39, 0.29) is 12.0 Å². The van der Waals surface area contributed by atoms with Crippen molar-refractivity contribution in [3.05, 3.63) is 53.5 Å². The van der Waals surface area contributed by atoms with Crippen LogP contribution in [0.5, 0.6) is 11.6 Å². The summed E-state index contributed by atoms with van der Waals surface area (Å²) in [4.78, 5) is 29.5. The molecule has 10 heteroatoms. The van der Waals surface area contributed by atoms with Gasteiger partial charge in [-0.05, 0) is 74.1 Å². The van der Waals surface area contributed by atoms with Gasteiger partial charge in [-0.25, -0.2) is 4.98 Å². The number of fused-ring (bicyclic) bond motifs is 2. The number of H-pyrrole nitrogens is 1. The van der Waals surface area contributed by atoms with Crippen molar-refractivity contribution in [1.29, 1.82) is 0 Å². The number of oxazole rings is 1. The maximum atomic E-state index is 12.1. The number of carbonyl (C=O) groups excluding carboxylic acids is 1. The van der Waals surface area contributed by atoms with Gasteiger partial charge in [-0.15, -0.1) is 0 Å².